The van der Waals surface area contributed by atoms with E-state index in [1.165, 1.54) is 6.21 Å². The molecule has 0 saturated heterocycles. The first-order valence-electron chi connectivity index (χ1n) is 7.63. The molecule has 0 spiro atoms. The third kappa shape index (κ3) is 3.80. The Bertz CT molecular complexity index is 865. The average Bonchev–Trinajstić information content (AvgIpc) is 3.00. The summed E-state index contributed by atoms with van der Waals surface area (Å²) in [6.45, 7) is 0. The first-order valence-corrected chi connectivity index (χ1v) is 9.22. The number of amides is 1. The van der Waals surface area contributed by atoms with Gasteiger partial charge in [-0.15, -0.1) is 0 Å². The van der Waals surface area contributed by atoms with Crippen LogP contribution in [-0.2, 0) is 10.4 Å². The number of carbonyl (C=O) groups is 1. The zero-order valence-electron chi connectivity index (χ0n) is 13.4. The molecule has 2 N–H and O–H groups in total. The third-order valence-corrected chi connectivity index (χ3v) is 5.44. The van der Waals surface area contributed by atoms with E-state index in [4.69, 9.17) is 4.42 Å². The van der Waals surface area contributed by atoms with Crippen molar-refractivity contribution in [2.45, 2.75) is 5.60 Å². The lowest BCUT2D eigenvalue weighted by molar-refractivity contribution is -0.136. The SMILES string of the molecule is O=C(N/N=C/c1cc(Br)c(Br)o1)C(O)(c1ccccc1)c1ccccc1. The van der Waals surface area contributed by atoms with Gasteiger partial charge >= 0.3 is 0 Å². The number of rotatable bonds is 5. The summed E-state index contributed by atoms with van der Waals surface area (Å²) < 4.78 is 6.61. The molecule has 7 heteroatoms. The summed E-state index contributed by atoms with van der Waals surface area (Å²) in [4.78, 5) is 12.8. The Morgan fingerprint density at radius 3 is 2.04 bits per heavy atom. The molecule has 1 aromatic heterocycles. The zero-order valence-corrected chi connectivity index (χ0v) is 16.6. The Morgan fingerprint density at radius 1 is 1.04 bits per heavy atom. The van der Waals surface area contributed by atoms with Crippen LogP contribution in [0.1, 0.15) is 16.9 Å². The smallest absolute Gasteiger partial charge is 0.281 e. The largest absolute Gasteiger partial charge is 0.447 e. The molecule has 0 saturated carbocycles. The monoisotopic (exact) mass is 476 g/mol. The number of hydrogen-bond acceptors (Lipinski definition) is 4. The number of benzene rings is 2. The molecule has 3 aromatic rings. The van der Waals surface area contributed by atoms with Gasteiger partial charge in [-0.3, -0.25) is 4.79 Å². The molecule has 0 unspecified atom stereocenters. The highest BCUT2D eigenvalue weighted by atomic mass is 79.9. The summed E-state index contributed by atoms with van der Waals surface area (Å²) >= 11 is 6.53. The van der Waals surface area contributed by atoms with E-state index in [2.05, 4.69) is 42.4 Å². The van der Waals surface area contributed by atoms with Gasteiger partial charge in [-0.25, -0.2) is 5.43 Å². The molecule has 0 aliphatic heterocycles. The van der Waals surface area contributed by atoms with E-state index < -0.39 is 11.5 Å². The maximum absolute atomic E-state index is 12.8. The number of nitrogens with zero attached hydrogens (tertiary/aromatic N) is 1. The Balaban J connectivity index is 1.88. The number of furan rings is 1. The number of nitrogens with one attached hydrogen (secondary N) is 1. The zero-order chi connectivity index (χ0) is 18.6. The number of halogens is 2. The molecule has 0 aliphatic carbocycles. The minimum absolute atomic E-state index is 0.437. The van der Waals surface area contributed by atoms with Crippen LogP contribution < -0.4 is 5.43 Å². The Kier molecular flexibility index (Phi) is 5.70. The predicted molar refractivity (Wildman–Crippen MR) is 106 cm³/mol. The first-order chi connectivity index (χ1) is 12.5. The molecule has 0 atom stereocenters. The van der Waals surface area contributed by atoms with Crippen LogP contribution in [-0.4, -0.2) is 17.2 Å². The van der Waals surface area contributed by atoms with Gasteiger partial charge in [0.25, 0.3) is 5.91 Å². The molecule has 0 fully saturated rings. The van der Waals surface area contributed by atoms with Crippen molar-refractivity contribution in [3.05, 3.63) is 92.8 Å². The molecule has 0 aliphatic rings. The van der Waals surface area contributed by atoms with Crippen LogP contribution in [0.4, 0.5) is 0 Å². The van der Waals surface area contributed by atoms with Crippen LogP contribution in [0.2, 0.25) is 0 Å². The van der Waals surface area contributed by atoms with Crippen molar-refractivity contribution in [1.29, 1.82) is 0 Å². The lowest BCUT2D eigenvalue weighted by atomic mass is 9.85. The molecular weight excluding hydrogens is 464 g/mol. The minimum atomic E-state index is -1.87. The van der Waals surface area contributed by atoms with E-state index in [9.17, 15) is 9.90 Å². The van der Waals surface area contributed by atoms with Crippen LogP contribution in [0.25, 0.3) is 0 Å². The van der Waals surface area contributed by atoms with Crippen molar-refractivity contribution in [2.24, 2.45) is 5.10 Å². The standard InChI is InChI=1S/C19H14Br2N2O3/c20-16-11-15(26-17(16)21)12-22-23-18(24)19(25,13-7-3-1-4-8-13)14-9-5-2-6-10-14/h1-12,25H,(H,23,24)/b22-12+. The van der Waals surface area contributed by atoms with Crippen LogP contribution in [0.3, 0.4) is 0 Å². The number of hydrazone groups is 1. The lowest BCUT2D eigenvalue weighted by Gasteiger charge is -2.26. The molecule has 5 nitrogen and oxygen atoms in total. The Morgan fingerprint density at radius 2 is 1.58 bits per heavy atom. The van der Waals surface area contributed by atoms with E-state index in [0.717, 1.165) is 4.47 Å². The van der Waals surface area contributed by atoms with Crippen molar-refractivity contribution in [3.8, 4) is 0 Å². The van der Waals surface area contributed by atoms with Gasteiger partial charge in [0.05, 0.1) is 10.7 Å². The number of hydrogen-bond donors (Lipinski definition) is 2. The molecule has 1 amide bonds. The Hall–Kier alpha value is -2.22. The summed E-state index contributed by atoms with van der Waals surface area (Å²) in [5, 5.41) is 15.1. The van der Waals surface area contributed by atoms with Crippen molar-refractivity contribution in [1.82, 2.24) is 5.43 Å². The van der Waals surface area contributed by atoms with Gasteiger partial charge in [-0.1, -0.05) is 60.7 Å². The lowest BCUT2D eigenvalue weighted by Crippen LogP contribution is -2.43. The quantitative estimate of drug-likeness (QED) is 0.427. The van der Waals surface area contributed by atoms with E-state index in [1.807, 2.05) is 12.1 Å². The van der Waals surface area contributed by atoms with E-state index in [-0.39, 0.29) is 0 Å². The Labute approximate surface area is 167 Å². The van der Waals surface area contributed by atoms with Crippen molar-refractivity contribution >= 4 is 44.0 Å². The van der Waals surface area contributed by atoms with Crippen LogP contribution >= 0.6 is 31.9 Å². The fourth-order valence-electron chi connectivity index (χ4n) is 2.45. The average molecular weight is 478 g/mol. The van der Waals surface area contributed by atoms with Gasteiger partial charge < -0.3 is 9.52 Å². The van der Waals surface area contributed by atoms with Gasteiger partial charge in [-0.2, -0.15) is 5.10 Å². The summed E-state index contributed by atoms with van der Waals surface area (Å²) in [5.41, 5.74) is 1.41. The second-order valence-corrected chi connectivity index (χ2v) is 6.99. The highest BCUT2D eigenvalue weighted by molar-refractivity contribution is 9.13. The third-order valence-electron chi connectivity index (χ3n) is 3.73. The molecule has 2 aromatic carbocycles. The van der Waals surface area contributed by atoms with E-state index in [0.29, 0.717) is 21.6 Å². The van der Waals surface area contributed by atoms with E-state index >= 15 is 0 Å². The van der Waals surface area contributed by atoms with Crippen LogP contribution in [0, 0.1) is 0 Å². The first kappa shape index (κ1) is 18.6. The molecule has 132 valence electrons. The number of aliphatic hydroxyl groups is 1. The fourth-order valence-corrected chi connectivity index (χ4v) is 3.06. The maximum atomic E-state index is 12.8. The van der Waals surface area contributed by atoms with Crippen LogP contribution in [0.5, 0.6) is 0 Å². The molecular formula is C19H14Br2N2O3. The predicted octanol–water partition coefficient (Wildman–Crippen LogP) is 4.19. The van der Waals surface area contributed by atoms with Crippen LogP contribution in [0.15, 0.2) is 85.4 Å². The van der Waals surface area contributed by atoms with Gasteiger partial charge in [0.15, 0.2) is 10.3 Å². The highest BCUT2D eigenvalue weighted by Gasteiger charge is 2.39. The second-order valence-electron chi connectivity index (χ2n) is 5.41. The van der Waals surface area contributed by atoms with Crippen molar-refractivity contribution < 1.29 is 14.3 Å². The van der Waals surface area contributed by atoms with Gasteiger partial charge in [0, 0.05) is 6.07 Å². The number of carbonyl (C=O) groups excluding carboxylic acids is 1. The summed E-state index contributed by atoms with van der Waals surface area (Å²) in [7, 11) is 0. The van der Waals surface area contributed by atoms with Crippen molar-refractivity contribution in [3.63, 3.8) is 0 Å². The summed E-state index contributed by atoms with van der Waals surface area (Å²) in [6.07, 6.45) is 1.35. The molecule has 26 heavy (non-hydrogen) atoms. The molecule has 1 heterocycles. The maximum Gasteiger partial charge on any atom is 0.281 e. The molecule has 0 bridgehead atoms. The normalized spacial score (nSPS) is 11.7. The van der Waals surface area contributed by atoms with E-state index in [1.54, 1.807) is 54.6 Å². The topological polar surface area (TPSA) is 74.8 Å². The van der Waals surface area contributed by atoms with Gasteiger partial charge in [0.1, 0.15) is 5.76 Å². The fraction of sp³-hybridized carbons (Fsp3) is 0.0526. The second kappa shape index (κ2) is 7.99. The highest BCUT2D eigenvalue weighted by Crippen LogP contribution is 2.30. The van der Waals surface area contributed by atoms with Gasteiger partial charge in [0.2, 0.25) is 0 Å². The van der Waals surface area contributed by atoms with Crippen molar-refractivity contribution in [2.75, 3.05) is 0 Å². The van der Waals surface area contributed by atoms with Gasteiger partial charge in [-0.05, 0) is 43.0 Å². The summed E-state index contributed by atoms with van der Waals surface area (Å²) in [6, 6.07) is 19.1. The molecule has 0 radical (unpaired) electrons. The summed E-state index contributed by atoms with van der Waals surface area (Å²) in [5.74, 6) is -0.233. The minimum Gasteiger partial charge on any atom is -0.447 e. The molecule has 3 rings (SSSR count).